The van der Waals surface area contributed by atoms with Gasteiger partial charge in [-0.3, -0.25) is 14.4 Å². The van der Waals surface area contributed by atoms with E-state index in [4.69, 9.17) is 9.47 Å². The third-order valence-corrected chi connectivity index (χ3v) is 6.08. The largest absolute Gasteiger partial charge is 0.463 e. The Morgan fingerprint density at radius 3 is 2.27 bits per heavy atom. The van der Waals surface area contributed by atoms with E-state index in [9.17, 15) is 24.0 Å². The van der Waals surface area contributed by atoms with Gasteiger partial charge in [0.15, 0.2) is 0 Å². The minimum Gasteiger partial charge on any atom is -0.463 e. The van der Waals surface area contributed by atoms with Crippen molar-refractivity contribution in [1.29, 1.82) is 0 Å². The molecule has 1 aliphatic heterocycles. The number of benzene rings is 1. The Morgan fingerprint density at radius 1 is 1.05 bits per heavy atom. The maximum atomic E-state index is 13.6. The third kappa shape index (κ3) is 10.7. The van der Waals surface area contributed by atoms with Gasteiger partial charge in [-0.15, -0.1) is 0 Å². The monoisotopic (exact) mass is 558 g/mol. The second kappa shape index (κ2) is 15.0. The summed E-state index contributed by atoms with van der Waals surface area (Å²) in [4.78, 5) is 63.6. The molecule has 0 aliphatic carbocycles. The average molecular weight is 559 g/mol. The first-order chi connectivity index (χ1) is 18.8. The molecule has 1 aliphatic rings. The Labute approximate surface area is 235 Å². The highest BCUT2D eigenvalue weighted by Crippen LogP contribution is 2.19. The number of hydrogen-bond donors (Lipinski definition) is 4. The van der Waals surface area contributed by atoms with Gasteiger partial charge in [-0.1, -0.05) is 50.3 Å². The summed E-state index contributed by atoms with van der Waals surface area (Å²) in [6.45, 7) is 11.1. The smallest absolute Gasteiger partial charge is 0.408 e. The first-order valence-electron chi connectivity index (χ1n) is 13.6. The summed E-state index contributed by atoms with van der Waals surface area (Å²) in [7, 11) is 0. The lowest BCUT2D eigenvalue weighted by Crippen LogP contribution is -2.53. The molecule has 2 rings (SSSR count). The molecular weight excluding hydrogens is 516 g/mol. The van der Waals surface area contributed by atoms with Gasteiger partial charge in [0.1, 0.15) is 17.7 Å². The zero-order valence-corrected chi connectivity index (χ0v) is 24.1. The van der Waals surface area contributed by atoms with Crippen LogP contribution in [-0.2, 0) is 28.7 Å². The fourth-order valence-corrected chi connectivity index (χ4v) is 4.16. The molecule has 11 heteroatoms. The predicted molar refractivity (Wildman–Crippen MR) is 149 cm³/mol. The average Bonchev–Trinajstić information content (AvgIpc) is 3.27. The standard InChI is InChI=1S/C29H42N4O7/c1-7-39-22(34)14-13-21(17-20-15-16-30-25(20)35)31-27(37)24(19-11-9-8-10-12-19)32-26(36)23(18(2)3)33-28(38)40-29(4,5)6/h8-14,18,20-21,23-24H,7,15-17H2,1-6H3,(H,30,35)(H,31,37)(H,32,36)(H,33,38)/b14-13+/t20?,21-,23+,24+/m1/s1. The van der Waals surface area contributed by atoms with E-state index in [1.54, 1.807) is 71.9 Å². The third-order valence-electron chi connectivity index (χ3n) is 6.08. The van der Waals surface area contributed by atoms with Crippen LogP contribution >= 0.6 is 0 Å². The molecule has 1 saturated heterocycles. The van der Waals surface area contributed by atoms with Gasteiger partial charge in [-0.25, -0.2) is 9.59 Å². The predicted octanol–water partition coefficient (Wildman–Crippen LogP) is 2.52. The molecule has 1 fully saturated rings. The number of carbonyl (C=O) groups is 5. The van der Waals surface area contributed by atoms with Crippen molar-refractivity contribution in [2.75, 3.05) is 13.2 Å². The van der Waals surface area contributed by atoms with Gasteiger partial charge in [0.05, 0.1) is 6.61 Å². The second-order valence-electron chi connectivity index (χ2n) is 11.0. The van der Waals surface area contributed by atoms with Gasteiger partial charge < -0.3 is 30.7 Å². The molecule has 11 nitrogen and oxygen atoms in total. The van der Waals surface area contributed by atoms with Crippen LogP contribution < -0.4 is 21.3 Å². The van der Waals surface area contributed by atoms with E-state index in [2.05, 4.69) is 21.3 Å². The Bertz CT molecular complexity index is 1070. The minimum atomic E-state index is -1.12. The number of amides is 4. The van der Waals surface area contributed by atoms with Crippen molar-refractivity contribution in [3.8, 4) is 0 Å². The topological polar surface area (TPSA) is 152 Å². The molecule has 220 valence electrons. The van der Waals surface area contributed by atoms with E-state index < -0.39 is 47.6 Å². The highest BCUT2D eigenvalue weighted by Gasteiger charge is 2.33. The van der Waals surface area contributed by atoms with Gasteiger partial charge in [0.25, 0.3) is 0 Å². The summed E-state index contributed by atoms with van der Waals surface area (Å²) >= 11 is 0. The number of nitrogens with one attached hydrogen (secondary N) is 4. The Hall–Kier alpha value is -3.89. The van der Waals surface area contributed by atoms with Crippen LogP contribution in [0.4, 0.5) is 4.79 Å². The van der Waals surface area contributed by atoms with Crippen molar-refractivity contribution in [3.63, 3.8) is 0 Å². The molecule has 4 amide bonds. The number of ether oxygens (including phenoxy) is 2. The summed E-state index contributed by atoms with van der Waals surface area (Å²) in [6, 6.07) is 5.87. The van der Waals surface area contributed by atoms with Crippen LogP contribution in [0, 0.1) is 11.8 Å². The fraction of sp³-hybridized carbons (Fsp3) is 0.552. The first-order valence-corrected chi connectivity index (χ1v) is 13.6. The molecule has 1 aromatic carbocycles. The fourth-order valence-electron chi connectivity index (χ4n) is 4.16. The van der Waals surface area contributed by atoms with Gasteiger partial charge in [0, 0.05) is 24.6 Å². The van der Waals surface area contributed by atoms with E-state index in [0.29, 0.717) is 18.5 Å². The van der Waals surface area contributed by atoms with Crippen molar-refractivity contribution < 1.29 is 33.4 Å². The quantitative estimate of drug-likeness (QED) is 0.227. The van der Waals surface area contributed by atoms with Crippen LogP contribution in [0.25, 0.3) is 0 Å². The lowest BCUT2D eigenvalue weighted by molar-refractivity contribution is -0.137. The summed E-state index contributed by atoms with van der Waals surface area (Å²) in [5, 5.41) is 11.0. The first kappa shape index (κ1) is 32.3. The summed E-state index contributed by atoms with van der Waals surface area (Å²) < 4.78 is 10.3. The van der Waals surface area contributed by atoms with Gasteiger partial charge in [-0.2, -0.15) is 0 Å². The summed E-state index contributed by atoms with van der Waals surface area (Å²) in [6.07, 6.45) is 2.83. The molecule has 0 saturated carbocycles. The van der Waals surface area contributed by atoms with Gasteiger partial charge >= 0.3 is 12.1 Å². The molecule has 1 unspecified atom stereocenters. The maximum Gasteiger partial charge on any atom is 0.408 e. The molecule has 0 aromatic heterocycles. The number of esters is 1. The van der Waals surface area contributed by atoms with E-state index >= 15 is 0 Å². The molecule has 0 spiro atoms. The van der Waals surface area contributed by atoms with Crippen LogP contribution in [0.2, 0.25) is 0 Å². The highest BCUT2D eigenvalue weighted by molar-refractivity contribution is 5.92. The second-order valence-corrected chi connectivity index (χ2v) is 11.0. The van der Waals surface area contributed by atoms with Crippen molar-refractivity contribution in [3.05, 3.63) is 48.0 Å². The minimum absolute atomic E-state index is 0.121. The molecule has 4 N–H and O–H groups in total. The number of carbonyl (C=O) groups excluding carboxylic acids is 5. The Morgan fingerprint density at radius 2 is 1.73 bits per heavy atom. The zero-order valence-electron chi connectivity index (χ0n) is 24.1. The SMILES string of the molecule is CCOC(=O)/C=C/[C@H](CC1CCNC1=O)NC(=O)[C@@H](NC(=O)[C@@H](NC(=O)OC(C)(C)C)C(C)C)c1ccccc1. The molecular formula is C29H42N4O7. The molecule has 1 aromatic rings. The lowest BCUT2D eigenvalue weighted by Gasteiger charge is -2.28. The molecule has 40 heavy (non-hydrogen) atoms. The molecule has 0 bridgehead atoms. The van der Waals surface area contributed by atoms with Crippen LogP contribution in [-0.4, -0.2) is 60.6 Å². The normalized spacial score (nSPS) is 17.5. The number of alkyl carbamates (subject to hydrolysis) is 1. The summed E-state index contributed by atoms with van der Waals surface area (Å²) in [5.41, 5.74) is -0.239. The van der Waals surface area contributed by atoms with Crippen molar-refractivity contribution in [2.24, 2.45) is 11.8 Å². The van der Waals surface area contributed by atoms with E-state index in [1.165, 1.54) is 12.2 Å². The maximum absolute atomic E-state index is 13.6. The molecule has 1 heterocycles. The lowest BCUT2D eigenvalue weighted by atomic mass is 9.97. The van der Waals surface area contributed by atoms with Crippen molar-refractivity contribution >= 4 is 29.8 Å². The number of rotatable bonds is 12. The van der Waals surface area contributed by atoms with Crippen LogP contribution in [0.1, 0.15) is 66.0 Å². The van der Waals surface area contributed by atoms with Crippen LogP contribution in [0.3, 0.4) is 0 Å². The van der Waals surface area contributed by atoms with Gasteiger partial charge in [-0.05, 0) is 52.0 Å². The number of hydrogen-bond acceptors (Lipinski definition) is 7. The highest BCUT2D eigenvalue weighted by atomic mass is 16.6. The molecule has 0 radical (unpaired) electrons. The molecule has 4 atom stereocenters. The Kier molecular flexibility index (Phi) is 12.2. The van der Waals surface area contributed by atoms with Crippen LogP contribution in [0.15, 0.2) is 42.5 Å². The zero-order chi connectivity index (χ0) is 29.9. The van der Waals surface area contributed by atoms with Crippen LogP contribution in [0.5, 0.6) is 0 Å². The van der Waals surface area contributed by atoms with E-state index in [0.717, 1.165) is 0 Å². The van der Waals surface area contributed by atoms with Gasteiger partial charge in [0.2, 0.25) is 17.7 Å². The van der Waals surface area contributed by atoms with Crippen molar-refractivity contribution in [1.82, 2.24) is 21.3 Å². The Balaban J connectivity index is 2.28. The van der Waals surface area contributed by atoms with E-state index in [1.807, 2.05) is 0 Å². The van der Waals surface area contributed by atoms with E-state index in [-0.39, 0.29) is 30.8 Å². The van der Waals surface area contributed by atoms with Crippen molar-refractivity contribution in [2.45, 2.75) is 78.1 Å². The summed E-state index contributed by atoms with van der Waals surface area (Å²) in [5.74, 6) is -2.46.